The average molecular weight is 313 g/mol. The number of hydrogen-bond donors (Lipinski definition) is 2. The van der Waals surface area contributed by atoms with Crippen LogP contribution in [0.3, 0.4) is 0 Å². The van der Waals surface area contributed by atoms with Crippen LogP contribution in [0.2, 0.25) is 0 Å². The molecule has 0 aromatic carbocycles. The van der Waals surface area contributed by atoms with E-state index >= 15 is 0 Å². The van der Waals surface area contributed by atoms with Gasteiger partial charge in [0.1, 0.15) is 5.60 Å². The number of hydrogen-bond acceptors (Lipinski definition) is 4. The van der Waals surface area contributed by atoms with Gasteiger partial charge in [-0.3, -0.25) is 4.90 Å². The second-order valence-corrected chi connectivity index (χ2v) is 7.86. The maximum Gasteiger partial charge on any atom is 0.407 e. The molecule has 0 aromatic rings. The first-order valence-corrected chi connectivity index (χ1v) is 8.56. The van der Waals surface area contributed by atoms with E-state index in [4.69, 9.17) is 10.5 Å². The van der Waals surface area contributed by atoms with Crippen molar-refractivity contribution < 1.29 is 9.53 Å². The van der Waals surface area contributed by atoms with Crippen LogP contribution in [-0.4, -0.2) is 48.3 Å². The molecule has 0 bridgehead atoms. The smallest absolute Gasteiger partial charge is 0.407 e. The maximum absolute atomic E-state index is 11.7. The molecule has 22 heavy (non-hydrogen) atoms. The molecule has 1 amide bonds. The molecule has 4 atom stereocenters. The van der Waals surface area contributed by atoms with E-state index in [0.717, 1.165) is 13.0 Å². The highest BCUT2D eigenvalue weighted by atomic mass is 16.6. The van der Waals surface area contributed by atoms with Gasteiger partial charge in [-0.25, -0.2) is 4.79 Å². The fraction of sp³-hybridized carbons (Fsp3) is 0.941. The number of amides is 1. The van der Waals surface area contributed by atoms with Crippen molar-refractivity contribution in [2.45, 2.75) is 72.1 Å². The summed E-state index contributed by atoms with van der Waals surface area (Å²) in [5, 5.41) is 2.84. The Morgan fingerprint density at radius 2 is 2.00 bits per heavy atom. The van der Waals surface area contributed by atoms with E-state index in [1.54, 1.807) is 0 Å². The number of ether oxygens (including phenoxy) is 1. The van der Waals surface area contributed by atoms with E-state index < -0.39 is 5.60 Å². The van der Waals surface area contributed by atoms with Crippen LogP contribution in [0.25, 0.3) is 0 Å². The molecule has 1 aliphatic heterocycles. The fourth-order valence-electron chi connectivity index (χ4n) is 3.31. The summed E-state index contributed by atoms with van der Waals surface area (Å²) < 4.78 is 5.26. The van der Waals surface area contributed by atoms with Crippen molar-refractivity contribution in [3.8, 4) is 0 Å². The summed E-state index contributed by atoms with van der Waals surface area (Å²) in [5.74, 6) is 1.40. The van der Waals surface area contributed by atoms with Crippen molar-refractivity contribution in [1.82, 2.24) is 10.2 Å². The summed E-state index contributed by atoms with van der Waals surface area (Å²) in [7, 11) is 0. The van der Waals surface area contributed by atoms with Crippen molar-refractivity contribution in [2.24, 2.45) is 17.6 Å². The van der Waals surface area contributed by atoms with E-state index in [2.05, 4.69) is 31.0 Å². The summed E-state index contributed by atoms with van der Waals surface area (Å²) in [6.45, 7) is 14.8. The maximum atomic E-state index is 11.7. The molecule has 1 saturated heterocycles. The summed E-state index contributed by atoms with van der Waals surface area (Å²) in [5.41, 5.74) is 5.53. The Morgan fingerprint density at radius 1 is 1.36 bits per heavy atom. The number of carbonyl (C=O) groups is 1. The zero-order valence-electron chi connectivity index (χ0n) is 15.2. The molecule has 0 aliphatic carbocycles. The number of likely N-dealkylation sites (tertiary alicyclic amines) is 1. The third kappa shape index (κ3) is 6.13. The summed E-state index contributed by atoms with van der Waals surface area (Å²) in [6, 6.07) is 0.862. The summed E-state index contributed by atoms with van der Waals surface area (Å²) >= 11 is 0. The van der Waals surface area contributed by atoms with Crippen molar-refractivity contribution >= 4 is 6.09 Å². The third-order valence-electron chi connectivity index (χ3n) is 4.53. The minimum absolute atomic E-state index is 0.315. The third-order valence-corrected chi connectivity index (χ3v) is 4.53. The topological polar surface area (TPSA) is 67.6 Å². The quantitative estimate of drug-likeness (QED) is 0.818. The minimum atomic E-state index is -0.455. The van der Waals surface area contributed by atoms with Crippen molar-refractivity contribution in [3.05, 3.63) is 0 Å². The Bertz CT molecular complexity index is 354. The van der Waals surface area contributed by atoms with Gasteiger partial charge in [0.25, 0.3) is 0 Å². The highest BCUT2D eigenvalue weighted by Gasteiger charge is 2.32. The first kappa shape index (κ1) is 19.2. The van der Waals surface area contributed by atoms with E-state index in [0.29, 0.717) is 37.0 Å². The second-order valence-electron chi connectivity index (χ2n) is 7.86. The monoisotopic (exact) mass is 313 g/mol. The molecule has 1 aliphatic rings. The van der Waals surface area contributed by atoms with Crippen molar-refractivity contribution in [3.63, 3.8) is 0 Å². The highest BCUT2D eigenvalue weighted by Crippen LogP contribution is 2.28. The predicted octanol–water partition coefficient (Wildman–Crippen LogP) is 2.59. The molecule has 5 heteroatoms. The SMILES string of the molecule is CC1CC(C)C(C)N(C(CN)CCNC(=O)OC(C)(C)C)C1. The lowest BCUT2D eigenvalue weighted by Crippen LogP contribution is -2.54. The Kier molecular flexibility index (Phi) is 7.13. The van der Waals surface area contributed by atoms with Gasteiger partial charge in [0, 0.05) is 31.7 Å². The van der Waals surface area contributed by atoms with Gasteiger partial charge in [-0.2, -0.15) is 0 Å². The van der Waals surface area contributed by atoms with Gasteiger partial charge in [-0.1, -0.05) is 13.8 Å². The molecule has 0 radical (unpaired) electrons. The molecule has 1 heterocycles. The first-order chi connectivity index (χ1) is 10.1. The molecular weight excluding hydrogens is 278 g/mol. The second kappa shape index (κ2) is 8.16. The van der Waals surface area contributed by atoms with Crippen LogP contribution >= 0.6 is 0 Å². The molecule has 0 saturated carbocycles. The Balaban J connectivity index is 2.46. The number of nitrogens with two attached hydrogens (primary N) is 1. The number of rotatable bonds is 5. The molecule has 3 N–H and O–H groups in total. The van der Waals surface area contributed by atoms with Crippen LogP contribution in [0.1, 0.15) is 54.4 Å². The van der Waals surface area contributed by atoms with Crippen LogP contribution in [-0.2, 0) is 4.74 Å². The lowest BCUT2D eigenvalue weighted by Gasteiger charge is -2.45. The minimum Gasteiger partial charge on any atom is -0.444 e. The molecule has 4 unspecified atom stereocenters. The van der Waals surface area contributed by atoms with E-state index in [9.17, 15) is 4.79 Å². The van der Waals surface area contributed by atoms with Crippen LogP contribution < -0.4 is 11.1 Å². The van der Waals surface area contributed by atoms with Crippen LogP contribution in [0.4, 0.5) is 4.79 Å². The standard InChI is InChI=1S/C17H35N3O2/c1-12-9-13(2)14(3)20(11-12)15(10-18)7-8-19-16(21)22-17(4,5)6/h12-15H,7-11,18H2,1-6H3,(H,19,21). The molecular formula is C17H35N3O2. The molecule has 1 fully saturated rings. The molecule has 1 rings (SSSR count). The van der Waals surface area contributed by atoms with Gasteiger partial charge < -0.3 is 15.8 Å². The van der Waals surface area contributed by atoms with Gasteiger partial charge in [0.05, 0.1) is 0 Å². The van der Waals surface area contributed by atoms with Crippen molar-refractivity contribution in [2.75, 3.05) is 19.6 Å². The fourth-order valence-corrected chi connectivity index (χ4v) is 3.31. The van der Waals surface area contributed by atoms with E-state index in [-0.39, 0.29) is 6.09 Å². The normalized spacial score (nSPS) is 28.2. The van der Waals surface area contributed by atoms with Gasteiger partial charge >= 0.3 is 6.09 Å². The van der Waals surface area contributed by atoms with Gasteiger partial charge in [-0.15, -0.1) is 0 Å². The molecule has 130 valence electrons. The highest BCUT2D eigenvalue weighted by molar-refractivity contribution is 5.67. The van der Waals surface area contributed by atoms with E-state index in [1.807, 2.05) is 20.8 Å². The number of piperidine rings is 1. The number of nitrogens with one attached hydrogen (secondary N) is 1. The zero-order valence-corrected chi connectivity index (χ0v) is 15.2. The Labute approximate surface area is 135 Å². The Hall–Kier alpha value is -0.810. The lowest BCUT2D eigenvalue weighted by molar-refractivity contribution is 0.0370. The van der Waals surface area contributed by atoms with Gasteiger partial charge in [0.15, 0.2) is 0 Å². The Morgan fingerprint density at radius 3 is 2.55 bits per heavy atom. The van der Waals surface area contributed by atoms with Crippen LogP contribution in [0.15, 0.2) is 0 Å². The van der Waals surface area contributed by atoms with Crippen molar-refractivity contribution in [1.29, 1.82) is 0 Å². The van der Waals surface area contributed by atoms with E-state index in [1.165, 1.54) is 6.42 Å². The number of alkyl carbamates (subject to hydrolysis) is 1. The summed E-state index contributed by atoms with van der Waals surface area (Å²) in [6.07, 6.45) is 1.79. The lowest BCUT2D eigenvalue weighted by atomic mass is 9.84. The molecule has 0 spiro atoms. The number of carbonyl (C=O) groups excluding carboxylic acids is 1. The number of nitrogens with zero attached hydrogens (tertiary/aromatic N) is 1. The molecule has 5 nitrogen and oxygen atoms in total. The average Bonchev–Trinajstić information content (AvgIpc) is 2.37. The van der Waals surface area contributed by atoms with Gasteiger partial charge in [0.2, 0.25) is 0 Å². The van der Waals surface area contributed by atoms with Gasteiger partial charge in [-0.05, 0) is 52.4 Å². The molecule has 0 aromatic heterocycles. The summed E-state index contributed by atoms with van der Waals surface area (Å²) in [4.78, 5) is 14.2. The predicted molar refractivity (Wildman–Crippen MR) is 90.8 cm³/mol. The zero-order chi connectivity index (χ0) is 16.9. The largest absolute Gasteiger partial charge is 0.444 e. The first-order valence-electron chi connectivity index (χ1n) is 8.56. The van der Waals surface area contributed by atoms with Crippen LogP contribution in [0.5, 0.6) is 0 Å². The van der Waals surface area contributed by atoms with Crippen LogP contribution in [0, 0.1) is 11.8 Å².